The Kier molecular flexibility index (Phi) is 30.2. The van der Waals surface area contributed by atoms with Crippen LogP contribution < -0.4 is 18.0 Å². The Hall–Kier alpha value is -1.66. The summed E-state index contributed by atoms with van der Waals surface area (Å²) in [5.74, 6) is -1.46. The number of rotatable bonds is 2. The van der Waals surface area contributed by atoms with Crippen molar-refractivity contribution in [2.75, 3.05) is 0 Å². The standard InChI is InChI=1S/C3H5NO.C3H4O2.2H3N/c2*1-2-3(4)5;;/h2H,1H2,(H2,4,5);2H,1H2,(H,4,5);2*1H3. The Morgan fingerprint density at radius 2 is 1.33 bits per heavy atom. The molecular weight excluding hydrogens is 162 g/mol. The molecule has 6 heteroatoms. The molecule has 0 spiro atoms. The molecule has 0 saturated heterocycles. The average molecular weight is 177 g/mol. The number of aliphatic carboxylic acids is 1. The third-order valence-corrected chi connectivity index (χ3v) is 0.376. The Labute approximate surface area is 70.9 Å². The summed E-state index contributed by atoms with van der Waals surface area (Å²) in [6, 6.07) is 0. The Bertz CT molecular complexity index is 138. The van der Waals surface area contributed by atoms with Crippen molar-refractivity contribution >= 4 is 11.9 Å². The molecule has 0 fully saturated rings. The fourth-order valence-electron chi connectivity index (χ4n) is 0. The zero-order chi connectivity index (χ0) is 8.57. The number of hydrogen-bond acceptors (Lipinski definition) is 4. The lowest BCUT2D eigenvalue weighted by Gasteiger charge is -1.65. The van der Waals surface area contributed by atoms with E-state index in [9.17, 15) is 9.59 Å². The van der Waals surface area contributed by atoms with Gasteiger partial charge in [0.15, 0.2) is 0 Å². The Morgan fingerprint density at radius 1 is 1.17 bits per heavy atom. The number of primary amides is 1. The molecule has 0 aromatic rings. The van der Waals surface area contributed by atoms with Gasteiger partial charge in [0.1, 0.15) is 0 Å². The van der Waals surface area contributed by atoms with Crippen LogP contribution in [0, 0.1) is 0 Å². The molecule has 12 heavy (non-hydrogen) atoms. The molecule has 72 valence electrons. The molecule has 6 nitrogen and oxygen atoms in total. The van der Waals surface area contributed by atoms with Crippen molar-refractivity contribution in [3.05, 3.63) is 25.3 Å². The van der Waals surface area contributed by atoms with Gasteiger partial charge in [-0.2, -0.15) is 0 Å². The molecule has 0 aromatic carbocycles. The van der Waals surface area contributed by atoms with Crippen LogP contribution in [0.15, 0.2) is 25.3 Å². The van der Waals surface area contributed by atoms with E-state index in [2.05, 4.69) is 18.9 Å². The fourth-order valence-corrected chi connectivity index (χ4v) is 0. The third-order valence-electron chi connectivity index (χ3n) is 0.376. The van der Waals surface area contributed by atoms with E-state index < -0.39 is 11.9 Å². The SMILES string of the molecule is C=CC(=O)O.C=CC(N)=O.N.N. The molecule has 0 aliphatic heterocycles. The molecule has 0 radical (unpaired) electrons. The molecule has 0 saturated carbocycles. The van der Waals surface area contributed by atoms with Crippen LogP contribution in [-0.2, 0) is 9.59 Å². The highest BCUT2D eigenvalue weighted by molar-refractivity contribution is 5.84. The maximum absolute atomic E-state index is 9.47. The van der Waals surface area contributed by atoms with E-state index in [-0.39, 0.29) is 12.3 Å². The molecule has 0 aliphatic rings. The van der Waals surface area contributed by atoms with E-state index in [0.29, 0.717) is 0 Å². The van der Waals surface area contributed by atoms with Gasteiger partial charge in [0, 0.05) is 6.08 Å². The lowest BCUT2D eigenvalue weighted by molar-refractivity contribution is -0.131. The van der Waals surface area contributed by atoms with Crippen molar-refractivity contribution in [1.29, 1.82) is 0 Å². The van der Waals surface area contributed by atoms with Crippen molar-refractivity contribution in [2.24, 2.45) is 5.73 Å². The third kappa shape index (κ3) is 82.1. The summed E-state index contributed by atoms with van der Waals surface area (Å²) >= 11 is 0. The summed E-state index contributed by atoms with van der Waals surface area (Å²) in [5.41, 5.74) is 4.53. The summed E-state index contributed by atoms with van der Waals surface area (Å²) in [5, 5.41) is 7.60. The van der Waals surface area contributed by atoms with Crippen molar-refractivity contribution in [1.82, 2.24) is 12.3 Å². The van der Waals surface area contributed by atoms with Gasteiger partial charge in [-0.15, -0.1) is 0 Å². The largest absolute Gasteiger partial charge is 0.478 e. The van der Waals surface area contributed by atoms with Gasteiger partial charge in [-0.1, -0.05) is 13.2 Å². The number of carbonyl (C=O) groups is 2. The zero-order valence-corrected chi connectivity index (χ0v) is 6.82. The first-order valence-electron chi connectivity index (χ1n) is 2.31. The van der Waals surface area contributed by atoms with Gasteiger partial charge >= 0.3 is 5.97 Å². The normalized spacial score (nSPS) is 5.33. The van der Waals surface area contributed by atoms with Gasteiger partial charge in [0.05, 0.1) is 0 Å². The van der Waals surface area contributed by atoms with Crippen LogP contribution in [0.25, 0.3) is 0 Å². The predicted octanol–water partition coefficient (Wildman–Crippen LogP) is 0.239. The molecule has 0 atom stereocenters. The van der Waals surface area contributed by atoms with Crippen molar-refractivity contribution in [3.8, 4) is 0 Å². The van der Waals surface area contributed by atoms with Gasteiger partial charge in [-0.25, -0.2) is 4.79 Å². The molecule has 1 amide bonds. The first-order chi connectivity index (χ1) is 4.54. The smallest absolute Gasteiger partial charge is 0.327 e. The minimum Gasteiger partial charge on any atom is -0.478 e. The first kappa shape index (κ1) is 22.4. The van der Waals surface area contributed by atoms with E-state index in [4.69, 9.17) is 5.11 Å². The van der Waals surface area contributed by atoms with Crippen LogP contribution in [0.3, 0.4) is 0 Å². The lowest BCUT2D eigenvalue weighted by Crippen LogP contribution is -2.04. The molecular formula is C6H15N3O3. The fraction of sp³-hybridized carbons (Fsp3) is 0. The van der Waals surface area contributed by atoms with E-state index >= 15 is 0 Å². The van der Waals surface area contributed by atoms with Gasteiger partial charge in [-0.05, 0) is 6.08 Å². The van der Waals surface area contributed by atoms with Crippen LogP contribution in [0.4, 0.5) is 0 Å². The Morgan fingerprint density at radius 3 is 1.33 bits per heavy atom. The van der Waals surface area contributed by atoms with E-state index in [0.717, 1.165) is 12.2 Å². The summed E-state index contributed by atoms with van der Waals surface area (Å²) in [6.45, 7) is 6.05. The zero-order valence-electron chi connectivity index (χ0n) is 6.82. The molecule has 0 aromatic heterocycles. The van der Waals surface area contributed by atoms with Crippen molar-refractivity contribution in [2.45, 2.75) is 0 Å². The first-order valence-corrected chi connectivity index (χ1v) is 2.31. The highest BCUT2D eigenvalue weighted by Gasteiger charge is 1.73. The van der Waals surface area contributed by atoms with E-state index in [1.807, 2.05) is 0 Å². The van der Waals surface area contributed by atoms with Gasteiger partial charge < -0.3 is 23.1 Å². The van der Waals surface area contributed by atoms with Crippen molar-refractivity contribution in [3.63, 3.8) is 0 Å². The van der Waals surface area contributed by atoms with Gasteiger partial charge in [0.25, 0.3) is 0 Å². The van der Waals surface area contributed by atoms with E-state index in [1.54, 1.807) is 0 Å². The quantitative estimate of drug-likeness (QED) is 0.445. The monoisotopic (exact) mass is 177 g/mol. The number of nitrogens with two attached hydrogens (primary N) is 1. The second-order valence-electron chi connectivity index (χ2n) is 1.15. The van der Waals surface area contributed by atoms with Crippen LogP contribution in [-0.4, -0.2) is 17.0 Å². The summed E-state index contributed by atoms with van der Waals surface area (Å²) in [7, 11) is 0. The second-order valence-corrected chi connectivity index (χ2v) is 1.15. The van der Waals surface area contributed by atoms with Crippen LogP contribution in [0.1, 0.15) is 0 Å². The molecule has 0 unspecified atom stereocenters. The number of amides is 1. The topological polar surface area (TPSA) is 150 Å². The van der Waals surface area contributed by atoms with Crippen LogP contribution in [0.2, 0.25) is 0 Å². The minimum absolute atomic E-state index is 0. The maximum atomic E-state index is 9.47. The Balaban J connectivity index is -0.0000000457. The second kappa shape index (κ2) is 16.2. The predicted molar refractivity (Wildman–Crippen MR) is 47.3 cm³/mol. The number of carboxylic acids is 1. The molecule has 0 heterocycles. The highest BCUT2D eigenvalue weighted by Crippen LogP contribution is 1.54. The van der Waals surface area contributed by atoms with Crippen molar-refractivity contribution < 1.29 is 14.7 Å². The minimum atomic E-state index is -0.981. The molecule has 0 rings (SSSR count). The summed E-state index contributed by atoms with van der Waals surface area (Å²) in [4.78, 5) is 18.7. The highest BCUT2D eigenvalue weighted by atomic mass is 16.4. The average Bonchev–Trinajstić information content (AvgIpc) is 1.89. The summed E-state index contributed by atoms with van der Waals surface area (Å²) in [6.07, 6.45) is 1.89. The van der Waals surface area contributed by atoms with Crippen LogP contribution >= 0.6 is 0 Å². The number of hydrogen-bond donors (Lipinski definition) is 4. The van der Waals surface area contributed by atoms with Gasteiger partial charge in [0.2, 0.25) is 5.91 Å². The maximum Gasteiger partial charge on any atom is 0.327 e. The van der Waals surface area contributed by atoms with Gasteiger partial charge in [-0.3, -0.25) is 4.79 Å². The molecule has 0 bridgehead atoms. The van der Waals surface area contributed by atoms with Crippen LogP contribution in [0.5, 0.6) is 0 Å². The lowest BCUT2D eigenvalue weighted by atomic mass is 10.6. The number of carboxylic acid groups (broad SMARTS) is 1. The number of carbonyl (C=O) groups excluding carboxylic acids is 1. The molecule has 0 aliphatic carbocycles. The summed E-state index contributed by atoms with van der Waals surface area (Å²) < 4.78 is 0. The molecule has 9 N–H and O–H groups in total. The van der Waals surface area contributed by atoms with E-state index in [1.165, 1.54) is 0 Å².